The summed E-state index contributed by atoms with van der Waals surface area (Å²) < 4.78 is 5.73. The van der Waals surface area contributed by atoms with Gasteiger partial charge in [-0.05, 0) is 35.6 Å². The van der Waals surface area contributed by atoms with E-state index in [-0.39, 0.29) is 11.8 Å². The van der Waals surface area contributed by atoms with Gasteiger partial charge in [0.25, 0.3) is 0 Å². The molecule has 4 rings (SSSR count). The summed E-state index contributed by atoms with van der Waals surface area (Å²) in [5, 5.41) is 5.09. The van der Waals surface area contributed by atoms with Crippen LogP contribution in [0.25, 0.3) is 10.8 Å². The minimum atomic E-state index is -0.272. The molecule has 23 heavy (non-hydrogen) atoms. The fraction of sp³-hybridized carbons (Fsp3) is 0.150. The van der Waals surface area contributed by atoms with Crippen LogP contribution in [0.4, 0.5) is 5.69 Å². The Morgan fingerprint density at radius 2 is 1.65 bits per heavy atom. The molecular weight excluding hydrogens is 286 g/mol. The van der Waals surface area contributed by atoms with Crippen molar-refractivity contribution < 1.29 is 9.53 Å². The van der Waals surface area contributed by atoms with Crippen LogP contribution >= 0.6 is 0 Å². The molecule has 3 heteroatoms. The zero-order chi connectivity index (χ0) is 15.8. The Labute approximate surface area is 134 Å². The Morgan fingerprint density at radius 3 is 2.48 bits per heavy atom. The van der Waals surface area contributed by atoms with Gasteiger partial charge < -0.3 is 10.1 Å². The van der Waals surface area contributed by atoms with E-state index in [2.05, 4.69) is 11.4 Å². The highest BCUT2D eigenvalue weighted by Crippen LogP contribution is 2.41. The van der Waals surface area contributed by atoms with Crippen molar-refractivity contribution in [2.24, 2.45) is 0 Å². The highest BCUT2D eigenvalue weighted by Gasteiger charge is 2.32. The lowest BCUT2D eigenvalue weighted by Gasteiger charge is -2.15. The fourth-order valence-corrected chi connectivity index (χ4v) is 3.35. The number of rotatable bonds is 3. The Morgan fingerprint density at radius 1 is 0.913 bits per heavy atom. The number of fused-ring (bicyclic) bond motifs is 2. The van der Waals surface area contributed by atoms with Gasteiger partial charge in [0, 0.05) is 11.1 Å². The molecule has 3 nitrogen and oxygen atoms in total. The molecule has 1 N–H and O–H groups in total. The van der Waals surface area contributed by atoms with Crippen LogP contribution in [0.1, 0.15) is 24.0 Å². The van der Waals surface area contributed by atoms with E-state index >= 15 is 0 Å². The Bertz CT molecular complexity index is 901. The quantitative estimate of drug-likeness (QED) is 0.782. The maximum atomic E-state index is 12.5. The number of hydrogen-bond donors (Lipinski definition) is 1. The predicted molar refractivity (Wildman–Crippen MR) is 92.0 cm³/mol. The first-order valence-corrected chi connectivity index (χ1v) is 7.84. The van der Waals surface area contributed by atoms with Crippen molar-refractivity contribution >= 4 is 22.4 Å². The summed E-state index contributed by atoms with van der Waals surface area (Å²) in [6, 6.07) is 20.0. The van der Waals surface area contributed by atoms with E-state index in [1.807, 2.05) is 61.5 Å². The second kappa shape index (κ2) is 5.43. The second-order valence-electron chi connectivity index (χ2n) is 5.64. The largest absolute Gasteiger partial charge is 0.493 e. The van der Waals surface area contributed by atoms with Crippen molar-refractivity contribution in [3.05, 3.63) is 71.8 Å². The zero-order valence-corrected chi connectivity index (χ0v) is 12.9. The SMILES string of the molecule is CCOc1ccc(C2C(=O)Nc3ccccc32)c2ccccc12. The van der Waals surface area contributed by atoms with Crippen LogP contribution in [-0.2, 0) is 4.79 Å². The highest BCUT2D eigenvalue weighted by molar-refractivity contribution is 6.07. The minimum Gasteiger partial charge on any atom is -0.493 e. The maximum absolute atomic E-state index is 12.5. The molecule has 0 radical (unpaired) electrons. The van der Waals surface area contributed by atoms with Gasteiger partial charge in [0.1, 0.15) is 5.75 Å². The lowest BCUT2D eigenvalue weighted by atomic mass is 9.88. The molecule has 1 amide bonds. The summed E-state index contributed by atoms with van der Waals surface area (Å²) in [5.74, 6) is 0.617. The molecule has 3 aromatic carbocycles. The van der Waals surface area contributed by atoms with Crippen molar-refractivity contribution in [3.8, 4) is 5.75 Å². The zero-order valence-electron chi connectivity index (χ0n) is 12.9. The fourth-order valence-electron chi connectivity index (χ4n) is 3.35. The molecule has 1 aliphatic heterocycles. The van der Waals surface area contributed by atoms with Gasteiger partial charge in [-0.1, -0.05) is 48.5 Å². The Kier molecular flexibility index (Phi) is 3.27. The Hall–Kier alpha value is -2.81. The molecule has 1 aliphatic rings. The van der Waals surface area contributed by atoms with Crippen molar-refractivity contribution in [3.63, 3.8) is 0 Å². The molecule has 1 atom stereocenters. The molecule has 0 bridgehead atoms. The topological polar surface area (TPSA) is 38.3 Å². The molecule has 0 spiro atoms. The van der Waals surface area contributed by atoms with E-state index in [1.165, 1.54) is 0 Å². The van der Waals surface area contributed by atoms with E-state index in [1.54, 1.807) is 0 Å². The van der Waals surface area contributed by atoms with E-state index < -0.39 is 0 Å². The minimum absolute atomic E-state index is 0.0283. The van der Waals surface area contributed by atoms with E-state index in [9.17, 15) is 4.79 Å². The summed E-state index contributed by atoms with van der Waals surface area (Å²) >= 11 is 0. The summed E-state index contributed by atoms with van der Waals surface area (Å²) in [4.78, 5) is 12.5. The van der Waals surface area contributed by atoms with Crippen molar-refractivity contribution in [1.29, 1.82) is 0 Å². The lowest BCUT2D eigenvalue weighted by Crippen LogP contribution is -2.13. The second-order valence-corrected chi connectivity index (χ2v) is 5.64. The predicted octanol–water partition coefficient (Wildman–Crippen LogP) is 4.32. The van der Waals surface area contributed by atoms with E-state index in [0.717, 1.165) is 33.3 Å². The molecule has 1 unspecified atom stereocenters. The average molecular weight is 303 g/mol. The van der Waals surface area contributed by atoms with Crippen molar-refractivity contribution in [2.45, 2.75) is 12.8 Å². The van der Waals surface area contributed by atoms with E-state index in [4.69, 9.17) is 4.74 Å². The molecule has 0 aromatic heterocycles. The van der Waals surface area contributed by atoms with Gasteiger partial charge in [-0.2, -0.15) is 0 Å². The standard InChI is InChI=1S/C20H17NO2/c1-2-23-18-12-11-15(13-7-3-4-8-14(13)18)19-16-9-5-6-10-17(16)21-20(19)22/h3-12,19H,2H2,1H3,(H,21,22). The third-order valence-electron chi connectivity index (χ3n) is 4.32. The highest BCUT2D eigenvalue weighted by atomic mass is 16.5. The molecule has 0 saturated heterocycles. The van der Waals surface area contributed by atoms with Gasteiger partial charge in [-0.3, -0.25) is 4.79 Å². The number of carbonyl (C=O) groups is 1. The lowest BCUT2D eigenvalue weighted by molar-refractivity contribution is -0.116. The number of hydrogen-bond acceptors (Lipinski definition) is 2. The summed E-state index contributed by atoms with van der Waals surface area (Å²) in [5.41, 5.74) is 2.96. The van der Waals surface area contributed by atoms with Crippen molar-refractivity contribution in [2.75, 3.05) is 11.9 Å². The number of anilines is 1. The molecule has 0 fully saturated rings. The van der Waals surface area contributed by atoms with Crippen molar-refractivity contribution in [1.82, 2.24) is 0 Å². The van der Waals surface area contributed by atoms with Gasteiger partial charge >= 0.3 is 0 Å². The van der Waals surface area contributed by atoms with E-state index in [0.29, 0.717) is 6.61 Å². The van der Waals surface area contributed by atoms with Crippen LogP contribution in [-0.4, -0.2) is 12.5 Å². The normalized spacial score (nSPS) is 16.2. The maximum Gasteiger partial charge on any atom is 0.236 e. The van der Waals surface area contributed by atoms with Gasteiger partial charge in [0.2, 0.25) is 5.91 Å². The number of para-hydroxylation sites is 1. The third kappa shape index (κ3) is 2.16. The van der Waals surface area contributed by atoms with Crippen LogP contribution in [0.2, 0.25) is 0 Å². The summed E-state index contributed by atoms with van der Waals surface area (Å²) in [6.45, 7) is 2.60. The van der Waals surface area contributed by atoms with Gasteiger partial charge in [-0.25, -0.2) is 0 Å². The molecule has 0 aliphatic carbocycles. The van der Waals surface area contributed by atoms with Crippen LogP contribution in [0.5, 0.6) is 5.75 Å². The number of carbonyl (C=O) groups excluding carboxylic acids is 1. The first kappa shape index (κ1) is 13.8. The first-order chi connectivity index (χ1) is 11.3. The smallest absolute Gasteiger partial charge is 0.236 e. The monoisotopic (exact) mass is 303 g/mol. The van der Waals surface area contributed by atoms with Gasteiger partial charge in [-0.15, -0.1) is 0 Å². The average Bonchev–Trinajstić information content (AvgIpc) is 2.91. The molecule has 0 saturated carbocycles. The Balaban J connectivity index is 1.94. The molecule has 3 aromatic rings. The van der Waals surface area contributed by atoms with Gasteiger partial charge in [0.05, 0.1) is 12.5 Å². The summed E-state index contributed by atoms with van der Waals surface area (Å²) in [7, 11) is 0. The first-order valence-electron chi connectivity index (χ1n) is 7.84. The summed E-state index contributed by atoms with van der Waals surface area (Å²) in [6.07, 6.45) is 0. The van der Waals surface area contributed by atoms with Gasteiger partial charge in [0.15, 0.2) is 0 Å². The molecule has 1 heterocycles. The van der Waals surface area contributed by atoms with Crippen LogP contribution in [0, 0.1) is 0 Å². The molecular formula is C20H17NO2. The number of benzene rings is 3. The molecule has 114 valence electrons. The van der Waals surface area contributed by atoms with Crippen LogP contribution in [0.3, 0.4) is 0 Å². The third-order valence-corrected chi connectivity index (χ3v) is 4.32. The number of nitrogens with one attached hydrogen (secondary N) is 1. The number of amides is 1. The van der Waals surface area contributed by atoms with Crippen LogP contribution in [0.15, 0.2) is 60.7 Å². The number of ether oxygens (including phenoxy) is 1. The van der Waals surface area contributed by atoms with Crippen LogP contribution < -0.4 is 10.1 Å².